The molecule has 8 N–H and O–H groups in total. The Kier molecular flexibility index (Phi) is 17.8. The molecule has 0 spiro atoms. The van der Waals surface area contributed by atoms with Crippen LogP contribution in [-0.4, -0.2) is 96.8 Å². The molecule has 1 aliphatic heterocycles. The van der Waals surface area contributed by atoms with Crippen LogP contribution >= 0.6 is 0 Å². The molecule has 19 nitrogen and oxygen atoms in total. The van der Waals surface area contributed by atoms with E-state index in [0.717, 1.165) is 49.1 Å². The number of hydrogen-bond donors (Lipinski definition) is 6. The number of allylic oxidation sites excluding steroid dienone is 1. The average Bonchev–Trinajstić information content (AvgIpc) is 3.68. The van der Waals surface area contributed by atoms with Crippen LogP contribution in [0, 0.1) is 0 Å². The van der Waals surface area contributed by atoms with Crippen LogP contribution in [0.3, 0.4) is 0 Å². The normalized spacial score (nSPS) is 16.1. The number of benzene rings is 2. The van der Waals surface area contributed by atoms with Crippen LogP contribution < -0.4 is 37.6 Å². The number of nitrogens with zero attached hydrogens (tertiary/aromatic N) is 7. The number of imide groups is 1. The largest absolute Gasteiger partial charge is 0.494 e. The Morgan fingerprint density at radius 3 is 2.70 bits per heavy atom. The molecule has 1 fully saturated rings. The molecular weight excluding hydrogens is 843 g/mol. The van der Waals surface area contributed by atoms with Gasteiger partial charge in [0, 0.05) is 86.0 Å². The zero-order valence-electron chi connectivity index (χ0n) is 37.4. The third-order valence-electron chi connectivity index (χ3n) is 11.3. The number of anilines is 1. The zero-order chi connectivity index (χ0) is 46.8. The molecule has 0 saturated carbocycles. The number of piperidine rings is 1. The molecule has 2 atom stereocenters. The molecule has 2 aliphatic rings. The van der Waals surface area contributed by atoms with Crippen LogP contribution in [0.4, 0.5) is 5.69 Å². The Hall–Kier alpha value is -7.09. The van der Waals surface area contributed by atoms with E-state index in [0.29, 0.717) is 85.1 Å². The summed E-state index contributed by atoms with van der Waals surface area (Å²) >= 11 is 0. The summed E-state index contributed by atoms with van der Waals surface area (Å²) in [4.78, 5) is 71.9. The Bertz CT molecular complexity index is 2420. The first-order valence-electron chi connectivity index (χ1n) is 22.1. The maximum Gasteiger partial charge on any atom is 0.251 e. The van der Waals surface area contributed by atoms with Gasteiger partial charge in [-0.25, -0.2) is 15.8 Å². The second kappa shape index (κ2) is 24.3. The van der Waals surface area contributed by atoms with Crippen molar-refractivity contribution in [2.75, 3.05) is 25.5 Å². The number of likely N-dealkylation sites (N-methyl/N-ethyl adjacent to an activating group) is 1. The lowest BCUT2D eigenvalue weighted by atomic mass is 10.0. The van der Waals surface area contributed by atoms with Crippen molar-refractivity contribution in [3.05, 3.63) is 119 Å². The number of ether oxygens (including phenoxy) is 1. The van der Waals surface area contributed by atoms with E-state index in [1.807, 2.05) is 54.1 Å². The Labute approximate surface area is 384 Å². The average molecular weight is 902 g/mol. The second-order valence-electron chi connectivity index (χ2n) is 16.3. The van der Waals surface area contributed by atoms with Crippen molar-refractivity contribution in [2.24, 2.45) is 18.6 Å². The van der Waals surface area contributed by atoms with Crippen LogP contribution in [0.5, 0.6) is 5.75 Å². The number of carbonyl (C=O) groups is 5. The molecule has 1 saturated heterocycles. The van der Waals surface area contributed by atoms with Crippen LogP contribution in [0.1, 0.15) is 85.1 Å². The maximum absolute atomic E-state index is 13.1. The van der Waals surface area contributed by atoms with Gasteiger partial charge in [-0.2, -0.15) is 0 Å². The van der Waals surface area contributed by atoms with Crippen molar-refractivity contribution in [2.45, 2.75) is 89.5 Å². The van der Waals surface area contributed by atoms with Gasteiger partial charge in [-0.3, -0.25) is 34.2 Å². The molecule has 19 heteroatoms. The summed E-state index contributed by atoms with van der Waals surface area (Å²) < 4.78 is 7.90. The summed E-state index contributed by atoms with van der Waals surface area (Å²) in [5, 5.41) is 21.9. The highest BCUT2D eigenvalue weighted by Gasteiger charge is 2.30. The molecular formula is C47H59N13O6. The minimum absolute atomic E-state index is 0.0412. The van der Waals surface area contributed by atoms with E-state index in [9.17, 15) is 24.0 Å². The summed E-state index contributed by atoms with van der Waals surface area (Å²) in [6.07, 6.45) is 16.3. The predicted molar refractivity (Wildman–Crippen MR) is 247 cm³/mol. The first-order valence-corrected chi connectivity index (χ1v) is 22.1. The van der Waals surface area contributed by atoms with E-state index in [1.165, 1.54) is 6.33 Å². The van der Waals surface area contributed by atoms with E-state index in [1.54, 1.807) is 53.6 Å². The molecule has 4 aromatic rings. The van der Waals surface area contributed by atoms with Crippen molar-refractivity contribution in [1.82, 2.24) is 50.6 Å². The molecule has 2 aromatic heterocycles. The fourth-order valence-corrected chi connectivity index (χ4v) is 7.63. The molecule has 348 valence electrons. The van der Waals surface area contributed by atoms with E-state index < -0.39 is 6.04 Å². The lowest BCUT2D eigenvalue weighted by Crippen LogP contribution is -2.51. The third-order valence-corrected chi connectivity index (χ3v) is 11.3. The standard InChI is InChI=1S/C47H59N13O6/c1-58(41-18-19-44(63)55-47(41)65)29-38-34(30-61)12-8-16-39(38)54-43(62)17-9-13-35(48)28-60(49)22-4-3-5-23-66-37-15-6-10-32(24-37)26-52-46(64)33-11-7-14-36(25-33)51-27-42-56-57-45(59(42)2)40-20-21-50-31-53-40/h6-8,10-12,15-16,20-21,24-25,28,30-31,36,41,51H,3-5,9,13-14,17-19,22-23,26-27,29,48-49H2,1-2H3,(H,52,64)(H,54,62)(H,55,63,65)/b35-28-. The Morgan fingerprint density at radius 1 is 1.05 bits per heavy atom. The van der Waals surface area contributed by atoms with Gasteiger partial charge in [0.1, 0.15) is 29.9 Å². The molecule has 3 heterocycles. The zero-order valence-corrected chi connectivity index (χ0v) is 37.4. The van der Waals surface area contributed by atoms with Crippen LogP contribution in [-0.2, 0) is 45.9 Å². The van der Waals surface area contributed by atoms with Gasteiger partial charge in [0.2, 0.25) is 17.7 Å². The minimum atomic E-state index is -0.528. The number of hydrazine groups is 1. The summed E-state index contributed by atoms with van der Waals surface area (Å²) in [5.74, 6) is 7.24. The van der Waals surface area contributed by atoms with Crippen molar-refractivity contribution >= 4 is 35.6 Å². The fraction of sp³-hybridized carbons (Fsp3) is 0.383. The van der Waals surface area contributed by atoms with E-state index in [4.69, 9.17) is 16.3 Å². The van der Waals surface area contributed by atoms with E-state index in [2.05, 4.69) is 41.4 Å². The number of rotatable bonds is 24. The molecule has 2 unspecified atom stereocenters. The molecule has 4 amide bonds. The van der Waals surface area contributed by atoms with Crippen molar-refractivity contribution in [3.8, 4) is 17.3 Å². The summed E-state index contributed by atoms with van der Waals surface area (Å²) in [6.45, 7) is 2.17. The van der Waals surface area contributed by atoms with Gasteiger partial charge in [0.15, 0.2) is 5.82 Å². The Balaban J connectivity index is 0.843. The van der Waals surface area contributed by atoms with Gasteiger partial charge in [-0.1, -0.05) is 42.5 Å². The van der Waals surface area contributed by atoms with Gasteiger partial charge < -0.3 is 36.0 Å². The highest BCUT2D eigenvalue weighted by molar-refractivity contribution is 6.00. The quantitative estimate of drug-likeness (QED) is 0.0194. The number of aldehydes is 1. The summed E-state index contributed by atoms with van der Waals surface area (Å²) in [5.41, 5.74) is 10.5. The van der Waals surface area contributed by atoms with E-state index >= 15 is 0 Å². The second-order valence-corrected chi connectivity index (χ2v) is 16.3. The predicted octanol–water partition coefficient (Wildman–Crippen LogP) is 3.32. The van der Waals surface area contributed by atoms with E-state index in [-0.39, 0.29) is 49.1 Å². The number of unbranched alkanes of at least 4 members (excludes halogenated alkanes) is 2. The Morgan fingerprint density at radius 2 is 1.89 bits per heavy atom. The van der Waals surface area contributed by atoms with Gasteiger partial charge in [0.25, 0.3) is 5.91 Å². The highest BCUT2D eigenvalue weighted by atomic mass is 16.5. The van der Waals surface area contributed by atoms with Gasteiger partial charge in [0.05, 0.1) is 19.2 Å². The molecule has 66 heavy (non-hydrogen) atoms. The number of amides is 4. The first kappa shape index (κ1) is 48.4. The van der Waals surface area contributed by atoms with Crippen molar-refractivity contribution in [1.29, 1.82) is 0 Å². The number of aromatic nitrogens is 5. The van der Waals surface area contributed by atoms with Crippen LogP contribution in [0.15, 0.2) is 96.8 Å². The lowest BCUT2D eigenvalue weighted by Gasteiger charge is -2.30. The van der Waals surface area contributed by atoms with Crippen molar-refractivity contribution < 1.29 is 28.7 Å². The molecule has 1 aliphatic carbocycles. The summed E-state index contributed by atoms with van der Waals surface area (Å²) in [6, 6.07) is 14.0. The molecule has 6 rings (SSSR count). The molecule has 0 radical (unpaired) electrons. The van der Waals surface area contributed by atoms with Gasteiger partial charge in [-0.15, -0.1) is 10.2 Å². The first-order chi connectivity index (χ1) is 32.0. The number of nitrogens with two attached hydrogens (primary N) is 2. The monoisotopic (exact) mass is 901 g/mol. The molecule has 0 bridgehead atoms. The summed E-state index contributed by atoms with van der Waals surface area (Å²) in [7, 11) is 3.64. The van der Waals surface area contributed by atoms with Crippen LogP contribution in [0.2, 0.25) is 0 Å². The minimum Gasteiger partial charge on any atom is -0.494 e. The van der Waals surface area contributed by atoms with Gasteiger partial charge in [-0.05, 0) is 81.8 Å². The smallest absolute Gasteiger partial charge is 0.251 e. The number of hydrogen-bond acceptors (Lipinski definition) is 15. The lowest BCUT2D eigenvalue weighted by molar-refractivity contribution is -0.137. The van der Waals surface area contributed by atoms with Gasteiger partial charge >= 0.3 is 0 Å². The molecule has 2 aromatic carbocycles. The fourth-order valence-electron chi connectivity index (χ4n) is 7.63. The van der Waals surface area contributed by atoms with Crippen LogP contribution in [0.25, 0.3) is 11.5 Å². The number of nitrogens with one attached hydrogen (secondary N) is 4. The highest BCUT2D eigenvalue weighted by Crippen LogP contribution is 2.24. The maximum atomic E-state index is 13.1. The number of carbonyl (C=O) groups excluding carboxylic acids is 5. The third kappa shape index (κ3) is 14.2. The topological polar surface area (TPSA) is 258 Å². The van der Waals surface area contributed by atoms with Crippen molar-refractivity contribution in [3.63, 3.8) is 0 Å². The SMILES string of the molecule is CN(Cc1c(C=O)cccc1NC(=O)CCC/C(N)=C/N(N)CCCCCOc1cccc(CNC(=O)C2=CC(NCc3nnc(-c4ccncn4)n3C)CC=C2)c1)C1CCC(=O)NC1=O.